The Balaban J connectivity index is 1.21. The molecule has 4 N–H and O–H groups in total. The number of hydrogen-bond acceptors (Lipinski definition) is 7. The van der Waals surface area contributed by atoms with Gasteiger partial charge in [-0.3, -0.25) is 14.5 Å². The molecule has 3 heterocycles. The van der Waals surface area contributed by atoms with Gasteiger partial charge in [-0.2, -0.15) is 0 Å². The number of aliphatic hydroxyl groups is 2. The Morgan fingerprint density at radius 3 is 2.38 bits per heavy atom. The largest absolute Gasteiger partial charge is 0.388 e. The fourth-order valence-corrected chi connectivity index (χ4v) is 4.58. The second-order valence-corrected chi connectivity index (χ2v) is 8.80. The zero-order valence-corrected chi connectivity index (χ0v) is 17.0. The summed E-state index contributed by atoms with van der Waals surface area (Å²) >= 11 is 0. The highest BCUT2D eigenvalue weighted by atomic mass is 16.5. The lowest BCUT2D eigenvalue weighted by Crippen LogP contribution is -2.57. The minimum Gasteiger partial charge on any atom is -0.388 e. The lowest BCUT2D eigenvalue weighted by molar-refractivity contribution is -0.137. The number of amides is 2. The molecule has 1 aliphatic carbocycles. The van der Waals surface area contributed by atoms with E-state index in [2.05, 4.69) is 15.5 Å². The molecule has 9 nitrogen and oxygen atoms in total. The number of hydrogen-bond donors (Lipinski definition) is 4. The van der Waals surface area contributed by atoms with Crippen molar-refractivity contribution in [3.63, 3.8) is 0 Å². The lowest BCUT2D eigenvalue weighted by Gasteiger charge is -2.41. The summed E-state index contributed by atoms with van der Waals surface area (Å²) in [6, 6.07) is 0. The summed E-state index contributed by atoms with van der Waals surface area (Å²) in [7, 11) is 0. The zero-order valence-electron chi connectivity index (χ0n) is 17.0. The van der Waals surface area contributed by atoms with Crippen LogP contribution in [-0.4, -0.2) is 102 Å². The van der Waals surface area contributed by atoms with Crippen LogP contribution in [0.4, 0.5) is 0 Å². The minimum absolute atomic E-state index is 0.0276. The molecule has 4 fully saturated rings. The maximum atomic E-state index is 12.7. The zero-order chi connectivity index (χ0) is 20.4. The molecular weight excluding hydrogens is 376 g/mol. The van der Waals surface area contributed by atoms with E-state index in [1.54, 1.807) is 0 Å². The van der Waals surface area contributed by atoms with E-state index in [1.807, 2.05) is 4.90 Å². The van der Waals surface area contributed by atoms with Crippen LogP contribution in [0.15, 0.2) is 0 Å². The smallest absolute Gasteiger partial charge is 0.225 e. The normalized spacial score (nSPS) is 36.2. The molecule has 4 rings (SSSR count). The van der Waals surface area contributed by atoms with Crippen LogP contribution in [0.1, 0.15) is 38.5 Å². The van der Waals surface area contributed by atoms with Gasteiger partial charge in [-0.1, -0.05) is 0 Å². The number of piperidine rings is 1. The van der Waals surface area contributed by atoms with Crippen LogP contribution < -0.4 is 10.6 Å². The van der Waals surface area contributed by atoms with E-state index in [0.717, 1.165) is 38.9 Å². The molecule has 2 amide bonds. The van der Waals surface area contributed by atoms with Gasteiger partial charge in [0.2, 0.25) is 11.8 Å². The van der Waals surface area contributed by atoms with Crippen molar-refractivity contribution in [1.29, 1.82) is 0 Å². The number of nitrogens with zero attached hydrogens (tertiary/aromatic N) is 2. The Hall–Kier alpha value is -1.26. The molecule has 4 aliphatic rings. The number of aliphatic hydroxyl groups excluding tert-OH is 2. The summed E-state index contributed by atoms with van der Waals surface area (Å²) in [4.78, 5) is 28.7. The van der Waals surface area contributed by atoms with Crippen molar-refractivity contribution < 1.29 is 24.5 Å². The number of ether oxygens (including phenoxy) is 1. The Morgan fingerprint density at radius 2 is 1.72 bits per heavy atom. The van der Waals surface area contributed by atoms with Crippen molar-refractivity contribution in [3.8, 4) is 0 Å². The first-order valence-corrected chi connectivity index (χ1v) is 11.1. The molecule has 3 aliphatic heterocycles. The Bertz CT molecular complexity index is 587. The van der Waals surface area contributed by atoms with Crippen molar-refractivity contribution in [1.82, 2.24) is 20.4 Å². The maximum Gasteiger partial charge on any atom is 0.225 e. The summed E-state index contributed by atoms with van der Waals surface area (Å²) in [5.41, 5.74) is 0. The molecule has 29 heavy (non-hydrogen) atoms. The number of nitrogens with one attached hydrogen (secondary N) is 2. The number of carbonyl (C=O) groups is 2. The third-order valence-electron chi connectivity index (χ3n) is 6.65. The summed E-state index contributed by atoms with van der Waals surface area (Å²) in [6.07, 6.45) is 2.29. The molecule has 3 saturated heterocycles. The molecule has 0 aromatic rings. The molecule has 0 aromatic heterocycles. The van der Waals surface area contributed by atoms with E-state index >= 15 is 0 Å². The average Bonchev–Trinajstić information content (AvgIpc) is 3.57. The van der Waals surface area contributed by atoms with Gasteiger partial charge in [0.25, 0.3) is 0 Å². The number of rotatable bonds is 6. The van der Waals surface area contributed by atoms with Gasteiger partial charge >= 0.3 is 0 Å². The Morgan fingerprint density at radius 1 is 1.00 bits per heavy atom. The second-order valence-electron chi connectivity index (χ2n) is 8.80. The van der Waals surface area contributed by atoms with E-state index in [0.29, 0.717) is 19.3 Å². The summed E-state index contributed by atoms with van der Waals surface area (Å²) < 4.78 is 5.73. The van der Waals surface area contributed by atoms with Gasteiger partial charge in [0.1, 0.15) is 18.3 Å². The van der Waals surface area contributed by atoms with E-state index in [1.165, 1.54) is 12.8 Å². The lowest BCUT2D eigenvalue weighted by atomic mass is 10.0. The molecule has 9 heteroatoms. The fourth-order valence-electron chi connectivity index (χ4n) is 4.58. The van der Waals surface area contributed by atoms with Gasteiger partial charge < -0.3 is 30.5 Å². The van der Waals surface area contributed by atoms with Crippen LogP contribution in [0.25, 0.3) is 0 Å². The second kappa shape index (κ2) is 9.26. The van der Waals surface area contributed by atoms with Crippen molar-refractivity contribution in [2.75, 3.05) is 39.3 Å². The van der Waals surface area contributed by atoms with Gasteiger partial charge in [0.05, 0.1) is 18.7 Å². The molecule has 5 atom stereocenters. The van der Waals surface area contributed by atoms with Gasteiger partial charge in [0.15, 0.2) is 0 Å². The first kappa shape index (κ1) is 21.0. The predicted octanol–water partition coefficient (Wildman–Crippen LogP) is -1.36. The number of piperazine rings is 1. The maximum absolute atomic E-state index is 12.7. The third kappa shape index (κ3) is 5.08. The van der Waals surface area contributed by atoms with E-state index in [9.17, 15) is 19.8 Å². The van der Waals surface area contributed by atoms with Crippen molar-refractivity contribution in [2.45, 2.75) is 69.1 Å². The molecule has 1 unspecified atom stereocenters. The Kier molecular flexibility index (Phi) is 6.70. The van der Waals surface area contributed by atoms with Gasteiger partial charge in [-0.05, 0) is 38.6 Å². The van der Waals surface area contributed by atoms with Crippen molar-refractivity contribution in [3.05, 3.63) is 0 Å². The summed E-state index contributed by atoms with van der Waals surface area (Å²) in [6.45, 7) is 4.25. The molecule has 164 valence electrons. The molecule has 0 spiro atoms. The fraction of sp³-hybridized carbons (Fsp3) is 0.900. The van der Waals surface area contributed by atoms with Crippen LogP contribution in [0.2, 0.25) is 0 Å². The molecule has 0 bridgehead atoms. The van der Waals surface area contributed by atoms with Crippen molar-refractivity contribution in [2.24, 2.45) is 5.92 Å². The topological polar surface area (TPSA) is 114 Å². The SMILES string of the molecule is O=C(NC[C@H]1O[C@H](CC(=O)N2CCN(C3CCCCN3)CC2)[C@H](O)[C@@H]1O)C1CC1. The molecule has 0 aromatic carbocycles. The quantitative estimate of drug-likeness (QED) is 0.427. The van der Waals surface area contributed by atoms with Crippen LogP contribution in [0, 0.1) is 5.92 Å². The van der Waals surface area contributed by atoms with Crippen LogP contribution in [-0.2, 0) is 14.3 Å². The third-order valence-corrected chi connectivity index (χ3v) is 6.65. The highest BCUT2D eigenvalue weighted by Crippen LogP contribution is 2.29. The minimum atomic E-state index is -1.12. The summed E-state index contributed by atoms with van der Waals surface area (Å²) in [5, 5.41) is 26.8. The molecule has 1 saturated carbocycles. The highest BCUT2D eigenvalue weighted by molar-refractivity contribution is 5.80. The Labute approximate surface area is 171 Å². The molecular formula is C20H34N4O5. The predicted molar refractivity (Wildman–Crippen MR) is 105 cm³/mol. The van der Waals surface area contributed by atoms with Gasteiger partial charge in [0, 0.05) is 38.6 Å². The number of carbonyl (C=O) groups excluding carboxylic acids is 2. The standard InChI is InChI=1S/C20H34N4O5/c25-17(24-9-7-23(8-10-24)16-3-1-2-6-21-16)11-14-18(26)19(27)15(29-14)12-22-20(28)13-4-5-13/h13-16,18-19,21,26-27H,1-12H2,(H,22,28)/t14-,15-,16?,18+,19-/m1/s1. The molecule has 0 radical (unpaired) electrons. The van der Waals surface area contributed by atoms with Crippen LogP contribution in [0.3, 0.4) is 0 Å². The van der Waals surface area contributed by atoms with Gasteiger partial charge in [-0.15, -0.1) is 0 Å². The first-order valence-electron chi connectivity index (χ1n) is 11.1. The monoisotopic (exact) mass is 410 g/mol. The van der Waals surface area contributed by atoms with Crippen LogP contribution >= 0.6 is 0 Å². The van der Waals surface area contributed by atoms with E-state index < -0.39 is 24.4 Å². The van der Waals surface area contributed by atoms with E-state index in [-0.39, 0.29) is 30.7 Å². The van der Waals surface area contributed by atoms with Crippen molar-refractivity contribution >= 4 is 11.8 Å². The first-order chi connectivity index (χ1) is 14.0. The average molecular weight is 411 g/mol. The highest BCUT2D eigenvalue weighted by Gasteiger charge is 2.44. The summed E-state index contributed by atoms with van der Waals surface area (Å²) in [5.74, 6) is -0.00127. The van der Waals surface area contributed by atoms with Crippen LogP contribution in [0.5, 0.6) is 0 Å². The van der Waals surface area contributed by atoms with Gasteiger partial charge in [-0.25, -0.2) is 0 Å². The van der Waals surface area contributed by atoms with E-state index in [4.69, 9.17) is 4.74 Å².